The second-order valence-electron chi connectivity index (χ2n) is 7.55. The van der Waals surface area contributed by atoms with Crippen molar-refractivity contribution in [3.05, 3.63) is 171 Å². The van der Waals surface area contributed by atoms with Crippen molar-refractivity contribution < 1.29 is 29.2 Å². The number of hydrogen-bond acceptors (Lipinski definition) is 1. The monoisotopic (exact) mass is 634 g/mol. The van der Waals surface area contributed by atoms with Crippen LogP contribution in [0.1, 0.15) is 0 Å². The smallest absolute Gasteiger partial charge is 0.0178 e. The van der Waals surface area contributed by atoms with E-state index < -0.39 is 27.5 Å². The van der Waals surface area contributed by atoms with Crippen LogP contribution in [0.3, 0.4) is 0 Å². The number of benzene rings is 5. The molecule has 0 amide bonds. The van der Waals surface area contributed by atoms with E-state index in [1.807, 2.05) is 24.3 Å². The minimum atomic E-state index is -0.662. The van der Waals surface area contributed by atoms with Crippen LogP contribution in [0, 0.1) is 31.0 Å². The molecule has 5 rings (SSSR count). The maximum atomic E-state index is 11.9. The fourth-order valence-corrected chi connectivity index (χ4v) is 5.87. The van der Waals surface area contributed by atoms with Crippen molar-refractivity contribution in [1.82, 2.24) is 6.15 Å². The maximum Gasteiger partial charge on any atom is 0.0178 e. The van der Waals surface area contributed by atoms with Crippen LogP contribution in [-0.2, 0) is 20.4 Å². The summed E-state index contributed by atoms with van der Waals surface area (Å²) in [5.41, 5.74) is 0. The Labute approximate surface area is 242 Å². The van der Waals surface area contributed by atoms with Gasteiger partial charge in [-0.15, -0.1) is 18.2 Å². The van der Waals surface area contributed by atoms with Gasteiger partial charge in [-0.25, -0.2) is 24.6 Å². The van der Waals surface area contributed by atoms with Crippen LogP contribution in [0.5, 0.6) is 0 Å². The zero-order chi connectivity index (χ0) is 25.6. The molecule has 0 unspecified atom stereocenters. The third-order valence-electron chi connectivity index (χ3n) is 5.00. The van der Waals surface area contributed by atoms with Crippen LogP contribution in [0.25, 0.3) is 0 Å². The van der Waals surface area contributed by atoms with Crippen molar-refractivity contribution >= 4 is 37.1 Å². The van der Waals surface area contributed by atoms with Crippen molar-refractivity contribution in [2.24, 2.45) is 0 Å². The van der Waals surface area contributed by atoms with Crippen molar-refractivity contribution in [3.8, 4) is 0 Å². The Bertz CT molecular complexity index is 1100. The first-order valence-corrected chi connectivity index (χ1v) is 14.3. The molecule has 38 heavy (non-hydrogen) atoms. The van der Waals surface area contributed by atoms with Gasteiger partial charge in [0.15, 0.2) is 0 Å². The summed E-state index contributed by atoms with van der Waals surface area (Å²) in [6.45, 7) is 8.49. The average molecular weight is 635 g/mol. The van der Waals surface area contributed by atoms with Crippen LogP contribution in [0.15, 0.2) is 140 Å². The quantitative estimate of drug-likeness (QED) is 0.123. The zero-order valence-electron chi connectivity index (χ0n) is 20.9. The molecule has 0 bridgehead atoms. The third-order valence-corrected chi connectivity index (χ3v) is 8.69. The van der Waals surface area contributed by atoms with E-state index in [0.29, 0.717) is 0 Å². The minimum Gasteiger partial charge on any atom is -0.344 e. The Morgan fingerprint density at radius 1 is 0.500 bits per heavy atom. The summed E-state index contributed by atoms with van der Waals surface area (Å²) in [5.74, 6) is -1.23. The van der Waals surface area contributed by atoms with E-state index in [-0.39, 0.29) is 26.6 Å². The Balaban J connectivity index is 0.000000288. The van der Waals surface area contributed by atoms with Crippen molar-refractivity contribution in [3.63, 3.8) is 0 Å². The first kappa shape index (κ1) is 33.5. The van der Waals surface area contributed by atoms with Gasteiger partial charge in [-0.05, 0) is 0 Å². The molecule has 0 saturated heterocycles. The molecule has 0 heterocycles. The Hall–Kier alpha value is -2.56. The predicted molar refractivity (Wildman–Crippen MR) is 159 cm³/mol. The molecule has 0 aliphatic carbocycles. The normalized spacial score (nSPS) is 9.63. The summed E-state index contributed by atoms with van der Waals surface area (Å²) >= 11 is 0. The number of rotatable bonds is 4. The molecule has 0 atom stereocenters. The van der Waals surface area contributed by atoms with E-state index in [1.54, 1.807) is 0 Å². The minimum absolute atomic E-state index is 0. The Kier molecular flexibility index (Phi) is 16.4. The predicted octanol–water partition coefficient (Wildman–Crippen LogP) is 7.75. The standard InChI is InChI=1S/2C13H12P.C6H3F2.H3N.Pd/c2*1-14(12-8-4-2-5-9-12)13-10-6-3-7-11-13;7-5-2-1-3-6(8)4-5;;/h2*2-11H,1H2;1-2,4H;1H3;/q3*-1;;. The fraction of sp³-hybridized carbons (Fsp3) is 0. The molecule has 1 nitrogen and oxygen atoms in total. The summed E-state index contributed by atoms with van der Waals surface area (Å²) < 4.78 is 23.8. The number of hydrogen-bond donors (Lipinski definition) is 1. The summed E-state index contributed by atoms with van der Waals surface area (Å²) in [6.07, 6.45) is 0. The zero-order valence-corrected chi connectivity index (χ0v) is 24.2. The topological polar surface area (TPSA) is 35.0 Å². The second-order valence-corrected chi connectivity index (χ2v) is 11.3. The van der Waals surface area contributed by atoms with Gasteiger partial charge in [0, 0.05) is 32.1 Å². The Morgan fingerprint density at radius 2 is 0.789 bits per heavy atom. The second kappa shape index (κ2) is 18.7. The third kappa shape index (κ3) is 11.5. The van der Waals surface area contributed by atoms with Gasteiger partial charge in [0.05, 0.1) is 0 Å². The summed E-state index contributed by atoms with van der Waals surface area (Å²) in [6, 6.07) is 47.1. The Morgan fingerprint density at radius 3 is 1.00 bits per heavy atom. The molecular weight excluding hydrogens is 605 g/mol. The molecule has 0 fully saturated rings. The van der Waals surface area contributed by atoms with Crippen molar-refractivity contribution in [1.29, 1.82) is 0 Å². The molecule has 0 aliphatic heterocycles. The molecule has 200 valence electrons. The van der Waals surface area contributed by atoms with E-state index in [0.717, 1.165) is 12.1 Å². The fourth-order valence-electron chi connectivity index (χ4n) is 3.14. The van der Waals surface area contributed by atoms with E-state index in [4.69, 9.17) is 0 Å². The van der Waals surface area contributed by atoms with E-state index >= 15 is 0 Å². The van der Waals surface area contributed by atoms with Gasteiger partial charge >= 0.3 is 0 Å². The molecule has 0 aliphatic rings. The summed E-state index contributed by atoms with van der Waals surface area (Å²) in [7, 11) is -0.842. The van der Waals surface area contributed by atoms with E-state index in [1.165, 1.54) is 27.3 Å². The molecule has 0 radical (unpaired) electrons. The summed E-state index contributed by atoms with van der Waals surface area (Å²) in [4.78, 5) is 0. The van der Waals surface area contributed by atoms with Gasteiger partial charge in [0.2, 0.25) is 0 Å². The van der Waals surface area contributed by atoms with Gasteiger partial charge in [0.1, 0.15) is 0 Å². The van der Waals surface area contributed by atoms with Crippen LogP contribution in [-0.4, -0.2) is 0 Å². The molecule has 6 heteroatoms. The molecular formula is C32H30F2NP2Pd-3. The van der Waals surface area contributed by atoms with Gasteiger partial charge in [-0.3, -0.25) is 0 Å². The molecule has 3 N–H and O–H groups in total. The first-order valence-electron chi connectivity index (χ1n) is 11.3. The van der Waals surface area contributed by atoms with Gasteiger partial charge in [0.25, 0.3) is 0 Å². The van der Waals surface area contributed by atoms with Gasteiger partial charge < -0.3 is 19.5 Å². The van der Waals surface area contributed by atoms with E-state index in [9.17, 15) is 8.78 Å². The first-order chi connectivity index (χ1) is 17.5. The summed E-state index contributed by atoms with van der Waals surface area (Å²) in [5, 5.41) is 5.31. The largest absolute Gasteiger partial charge is 0.344 e. The molecule has 5 aromatic rings. The molecule has 0 saturated carbocycles. The van der Waals surface area contributed by atoms with Crippen LogP contribution < -0.4 is 27.4 Å². The van der Waals surface area contributed by atoms with Crippen LogP contribution in [0.2, 0.25) is 0 Å². The SMILES string of the molecule is Fc1[c-]ccc(F)c1.N.[CH2-]P(c1ccccc1)c1ccccc1.[CH2-]P(c1ccccc1)c1ccccc1.[Pd]. The molecule has 0 aromatic heterocycles. The average Bonchev–Trinajstić information content (AvgIpc) is 2.95. The van der Waals surface area contributed by atoms with Gasteiger partial charge in [-0.2, -0.15) is 6.07 Å². The maximum absolute atomic E-state index is 11.9. The van der Waals surface area contributed by atoms with Gasteiger partial charge in [-0.1, -0.05) is 143 Å². The molecule has 5 aromatic carbocycles. The molecule has 0 spiro atoms. The number of halogens is 2. The van der Waals surface area contributed by atoms with Crippen molar-refractivity contribution in [2.75, 3.05) is 0 Å². The van der Waals surface area contributed by atoms with Crippen LogP contribution in [0.4, 0.5) is 8.78 Å². The van der Waals surface area contributed by atoms with Crippen LogP contribution >= 0.6 is 15.8 Å². The van der Waals surface area contributed by atoms with Crippen molar-refractivity contribution in [2.45, 2.75) is 0 Å². The van der Waals surface area contributed by atoms with E-state index in [2.05, 4.69) is 116 Å².